The molecule has 0 bridgehead atoms. The predicted molar refractivity (Wildman–Crippen MR) is 92.5 cm³/mol. The fraction of sp³-hybridized carbons (Fsp3) is 0.0476. The van der Waals surface area contributed by atoms with Gasteiger partial charge in [-0.15, -0.1) is 0 Å². The monoisotopic (exact) mass is 334 g/mol. The topological polar surface area (TPSA) is 43.4 Å². The molecule has 0 unspecified atom stereocenters. The van der Waals surface area contributed by atoms with E-state index < -0.39 is 5.82 Å². The highest BCUT2D eigenvalue weighted by atomic mass is 19.1. The van der Waals surface area contributed by atoms with Crippen LogP contribution >= 0.6 is 0 Å². The van der Waals surface area contributed by atoms with Crippen molar-refractivity contribution in [3.05, 3.63) is 101 Å². The predicted octanol–water partition coefficient (Wildman–Crippen LogP) is 4.32. The minimum atomic E-state index is -0.463. The van der Waals surface area contributed by atoms with E-state index in [-0.39, 0.29) is 23.7 Å². The van der Waals surface area contributed by atoms with Gasteiger partial charge < -0.3 is 4.74 Å². The number of halogens is 1. The molecule has 4 heteroatoms. The van der Waals surface area contributed by atoms with Crippen LogP contribution in [-0.4, -0.2) is 18.2 Å². The highest BCUT2D eigenvalue weighted by molar-refractivity contribution is 6.09. The zero-order valence-electron chi connectivity index (χ0n) is 13.3. The first-order valence-electron chi connectivity index (χ1n) is 7.75. The van der Waals surface area contributed by atoms with Gasteiger partial charge in [-0.25, -0.2) is 4.39 Å². The second kappa shape index (κ2) is 7.53. The van der Waals surface area contributed by atoms with Gasteiger partial charge in [0.15, 0.2) is 18.2 Å². The van der Waals surface area contributed by atoms with Gasteiger partial charge in [0.2, 0.25) is 0 Å². The summed E-state index contributed by atoms with van der Waals surface area (Å²) in [6.07, 6.45) is 0. The molecule has 0 radical (unpaired) electrons. The molecule has 0 saturated heterocycles. The average molecular weight is 334 g/mol. The summed E-state index contributed by atoms with van der Waals surface area (Å²) in [5.41, 5.74) is 1.41. The van der Waals surface area contributed by atoms with Crippen molar-refractivity contribution < 1.29 is 18.7 Å². The molecule has 124 valence electrons. The zero-order valence-corrected chi connectivity index (χ0v) is 13.3. The van der Waals surface area contributed by atoms with E-state index in [1.165, 1.54) is 24.3 Å². The standard InChI is InChI=1S/C21H15FO3/c22-18-8-4-7-17(13-18)20(23)14-25-19-11-9-16(10-12-19)21(24)15-5-2-1-3-6-15/h1-13H,14H2. The van der Waals surface area contributed by atoms with E-state index in [0.29, 0.717) is 16.9 Å². The number of ketones is 2. The van der Waals surface area contributed by atoms with Gasteiger partial charge in [0.25, 0.3) is 0 Å². The van der Waals surface area contributed by atoms with Crippen molar-refractivity contribution in [2.45, 2.75) is 0 Å². The molecule has 0 amide bonds. The molecular formula is C21H15FO3. The van der Waals surface area contributed by atoms with Crippen LogP contribution in [0.5, 0.6) is 5.75 Å². The Morgan fingerprint density at radius 1 is 0.760 bits per heavy atom. The third kappa shape index (κ3) is 4.18. The molecule has 3 nitrogen and oxygen atoms in total. The lowest BCUT2D eigenvalue weighted by atomic mass is 10.0. The molecule has 0 aliphatic rings. The summed E-state index contributed by atoms with van der Waals surface area (Å²) in [6.45, 7) is -0.199. The van der Waals surface area contributed by atoms with E-state index in [1.54, 1.807) is 36.4 Å². The molecule has 0 saturated carbocycles. The fourth-order valence-corrected chi connectivity index (χ4v) is 2.35. The van der Waals surface area contributed by atoms with Crippen LogP contribution in [0.2, 0.25) is 0 Å². The first-order chi connectivity index (χ1) is 12.1. The Balaban J connectivity index is 1.63. The molecule has 3 rings (SSSR count). The van der Waals surface area contributed by atoms with Gasteiger partial charge in [-0.05, 0) is 36.4 Å². The number of hydrogen-bond donors (Lipinski definition) is 0. The average Bonchev–Trinajstić information content (AvgIpc) is 2.66. The lowest BCUT2D eigenvalue weighted by molar-refractivity contribution is 0.0920. The molecule has 3 aromatic rings. The van der Waals surface area contributed by atoms with Crippen LogP contribution < -0.4 is 4.74 Å². The van der Waals surface area contributed by atoms with Crippen molar-refractivity contribution in [3.63, 3.8) is 0 Å². The lowest BCUT2D eigenvalue weighted by Gasteiger charge is -2.07. The highest BCUT2D eigenvalue weighted by Gasteiger charge is 2.10. The second-order valence-electron chi connectivity index (χ2n) is 5.44. The molecule has 0 atom stereocenters. The number of hydrogen-bond acceptors (Lipinski definition) is 3. The Kier molecular flexibility index (Phi) is 5.00. The quantitative estimate of drug-likeness (QED) is 0.631. The Hall–Kier alpha value is -3.27. The summed E-state index contributed by atoms with van der Waals surface area (Å²) in [7, 11) is 0. The number of carbonyl (C=O) groups excluding carboxylic acids is 2. The Bertz CT molecular complexity index is 887. The molecule has 25 heavy (non-hydrogen) atoms. The molecule has 0 aromatic heterocycles. The number of Topliss-reactive ketones (excluding diaryl/α,β-unsaturated/α-hetero) is 1. The summed E-state index contributed by atoms with van der Waals surface area (Å²) in [5, 5.41) is 0. The second-order valence-corrected chi connectivity index (χ2v) is 5.44. The van der Waals surface area contributed by atoms with E-state index >= 15 is 0 Å². The lowest BCUT2D eigenvalue weighted by Crippen LogP contribution is -2.11. The van der Waals surface area contributed by atoms with Crippen LogP contribution in [-0.2, 0) is 0 Å². The first kappa shape index (κ1) is 16.6. The molecule has 0 fully saturated rings. The summed E-state index contributed by atoms with van der Waals surface area (Å²) in [6, 6.07) is 21.0. The maximum Gasteiger partial charge on any atom is 0.200 e. The van der Waals surface area contributed by atoms with Crippen LogP contribution in [0.25, 0.3) is 0 Å². The molecule has 0 heterocycles. The van der Waals surface area contributed by atoms with Gasteiger partial charge in [0.1, 0.15) is 11.6 Å². The molecule has 0 spiro atoms. The van der Waals surface area contributed by atoms with Crippen molar-refractivity contribution >= 4 is 11.6 Å². The van der Waals surface area contributed by atoms with Crippen LogP contribution in [0.15, 0.2) is 78.9 Å². The van der Waals surface area contributed by atoms with Crippen molar-refractivity contribution in [3.8, 4) is 5.75 Å². The van der Waals surface area contributed by atoms with Gasteiger partial charge in [0.05, 0.1) is 0 Å². The Morgan fingerprint density at radius 2 is 1.40 bits per heavy atom. The minimum Gasteiger partial charge on any atom is -0.485 e. The summed E-state index contributed by atoms with van der Waals surface area (Å²) in [4.78, 5) is 24.3. The number of ether oxygens (including phenoxy) is 1. The van der Waals surface area contributed by atoms with Gasteiger partial charge in [-0.3, -0.25) is 9.59 Å². The SMILES string of the molecule is O=C(COc1ccc(C(=O)c2ccccc2)cc1)c1cccc(F)c1. The largest absolute Gasteiger partial charge is 0.485 e. The smallest absolute Gasteiger partial charge is 0.200 e. The maximum atomic E-state index is 13.1. The highest BCUT2D eigenvalue weighted by Crippen LogP contribution is 2.16. The number of carbonyl (C=O) groups is 2. The van der Waals surface area contributed by atoms with Crippen LogP contribution in [0, 0.1) is 5.82 Å². The van der Waals surface area contributed by atoms with E-state index in [0.717, 1.165) is 0 Å². The summed E-state index contributed by atoms with van der Waals surface area (Å²) >= 11 is 0. The minimum absolute atomic E-state index is 0.0806. The van der Waals surface area contributed by atoms with Crippen LogP contribution in [0.3, 0.4) is 0 Å². The van der Waals surface area contributed by atoms with Gasteiger partial charge in [-0.2, -0.15) is 0 Å². The summed E-state index contributed by atoms with van der Waals surface area (Å²) < 4.78 is 18.5. The third-order valence-corrected chi connectivity index (χ3v) is 3.67. The normalized spacial score (nSPS) is 10.3. The van der Waals surface area contributed by atoms with E-state index in [9.17, 15) is 14.0 Å². The zero-order chi connectivity index (χ0) is 17.6. The van der Waals surface area contributed by atoms with Gasteiger partial charge >= 0.3 is 0 Å². The van der Waals surface area contributed by atoms with E-state index in [2.05, 4.69) is 0 Å². The molecule has 0 aliphatic heterocycles. The summed E-state index contributed by atoms with van der Waals surface area (Å²) in [5.74, 6) is -0.393. The molecule has 0 N–H and O–H groups in total. The fourth-order valence-electron chi connectivity index (χ4n) is 2.35. The van der Waals surface area contributed by atoms with Gasteiger partial charge in [-0.1, -0.05) is 42.5 Å². The Morgan fingerprint density at radius 3 is 2.08 bits per heavy atom. The van der Waals surface area contributed by atoms with Crippen molar-refractivity contribution in [2.24, 2.45) is 0 Å². The first-order valence-corrected chi connectivity index (χ1v) is 7.75. The molecular weight excluding hydrogens is 319 g/mol. The van der Waals surface area contributed by atoms with E-state index in [1.807, 2.05) is 18.2 Å². The maximum absolute atomic E-state index is 13.1. The molecule has 3 aromatic carbocycles. The molecule has 0 aliphatic carbocycles. The van der Waals surface area contributed by atoms with Gasteiger partial charge in [0, 0.05) is 16.7 Å². The van der Waals surface area contributed by atoms with Crippen LogP contribution in [0.1, 0.15) is 26.3 Å². The third-order valence-electron chi connectivity index (χ3n) is 3.67. The van der Waals surface area contributed by atoms with E-state index in [4.69, 9.17) is 4.74 Å². The number of rotatable bonds is 6. The number of benzene rings is 3. The van der Waals surface area contributed by atoms with Crippen molar-refractivity contribution in [2.75, 3.05) is 6.61 Å². The Labute approximate surface area is 144 Å². The van der Waals surface area contributed by atoms with Crippen molar-refractivity contribution in [1.82, 2.24) is 0 Å². The van der Waals surface area contributed by atoms with Crippen LogP contribution in [0.4, 0.5) is 4.39 Å². The van der Waals surface area contributed by atoms with Crippen molar-refractivity contribution in [1.29, 1.82) is 0 Å².